The van der Waals surface area contributed by atoms with Gasteiger partial charge in [-0.3, -0.25) is 19.8 Å². The van der Waals surface area contributed by atoms with Crippen molar-refractivity contribution in [2.75, 3.05) is 49.6 Å². The van der Waals surface area contributed by atoms with E-state index in [1.807, 2.05) is 24.3 Å². The molecule has 314 valence electrons. The van der Waals surface area contributed by atoms with E-state index in [2.05, 4.69) is 41.9 Å². The maximum atomic E-state index is 13.9. The molecule has 5 aromatic rings. The Morgan fingerprint density at radius 2 is 1.78 bits per heavy atom. The fraction of sp³-hybridized carbons (Fsp3) is 0.409. The van der Waals surface area contributed by atoms with Crippen molar-refractivity contribution in [1.29, 1.82) is 0 Å². The van der Waals surface area contributed by atoms with Crippen molar-refractivity contribution < 1.29 is 27.6 Å². The fourth-order valence-electron chi connectivity index (χ4n) is 9.59. The molecule has 0 unspecified atom stereocenters. The molecule has 3 aliphatic heterocycles. The molecule has 1 atom stereocenters. The van der Waals surface area contributed by atoms with Gasteiger partial charge in [0.2, 0.25) is 0 Å². The minimum Gasteiger partial charge on any atom is -0.455 e. The Labute approximate surface area is 353 Å². The summed E-state index contributed by atoms with van der Waals surface area (Å²) in [7, 11) is -4.54. The number of nitro groups is 1. The highest BCUT2D eigenvalue weighted by molar-refractivity contribution is 7.90. The van der Waals surface area contributed by atoms with Gasteiger partial charge in [0, 0.05) is 79.4 Å². The highest BCUT2D eigenvalue weighted by Gasteiger charge is 2.49. The Balaban J connectivity index is 0.904. The molecular weight excluding hydrogens is 806 g/mol. The third kappa shape index (κ3) is 8.40. The van der Waals surface area contributed by atoms with E-state index >= 15 is 0 Å². The summed E-state index contributed by atoms with van der Waals surface area (Å²) in [6.07, 6.45) is 11.8. The predicted molar refractivity (Wildman–Crippen MR) is 229 cm³/mol. The lowest BCUT2D eigenvalue weighted by molar-refractivity contribution is -0.384. The number of anilines is 2. The van der Waals surface area contributed by atoms with Crippen LogP contribution in [0.15, 0.2) is 90.1 Å². The molecule has 3 saturated heterocycles. The number of hydrogen-bond donors (Lipinski definition) is 3. The molecule has 4 aliphatic rings. The summed E-state index contributed by atoms with van der Waals surface area (Å²) in [6, 6.07) is 21.7. The number of likely N-dealkylation sites (tertiary alicyclic amines) is 1. The van der Waals surface area contributed by atoms with Crippen molar-refractivity contribution in [1.82, 2.24) is 19.6 Å². The number of nitrogens with one attached hydrogen (secondary N) is 3. The minimum absolute atomic E-state index is 0.0168. The highest BCUT2D eigenvalue weighted by Crippen LogP contribution is 2.54. The molecule has 5 heterocycles. The van der Waals surface area contributed by atoms with Gasteiger partial charge < -0.3 is 24.7 Å². The third-order valence-electron chi connectivity index (χ3n) is 13.0. The van der Waals surface area contributed by atoms with E-state index in [1.165, 1.54) is 49.6 Å². The molecule has 14 nitrogen and oxygen atoms in total. The molecule has 60 heavy (non-hydrogen) atoms. The van der Waals surface area contributed by atoms with Gasteiger partial charge in [0.1, 0.15) is 22.8 Å². The number of pyridine rings is 1. The normalized spacial score (nSPS) is 19.9. The average Bonchev–Trinajstić information content (AvgIpc) is 3.93. The van der Waals surface area contributed by atoms with Crippen LogP contribution in [0.25, 0.3) is 11.0 Å². The van der Waals surface area contributed by atoms with Crippen LogP contribution in [0.1, 0.15) is 73.3 Å². The van der Waals surface area contributed by atoms with Gasteiger partial charge in [0.05, 0.1) is 21.6 Å². The lowest BCUT2D eigenvalue weighted by atomic mass is 9.60. The Bertz CT molecular complexity index is 2490. The molecule has 1 aliphatic carbocycles. The first-order chi connectivity index (χ1) is 29.0. The number of fused-ring (bicyclic) bond motifs is 1. The van der Waals surface area contributed by atoms with Crippen LogP contribution in [0.3, 0.4) is 0 Å². The van der Waals surface area contributed by atoms with E-state index in [9.17, 15) is 23.3 Å². The molecule has 3 N–H and O–H groups in total. The van der Waals surface area contributed by atoms with E-state index in [-0.39, 0.29) is 22.9 Å². The van der Waals surface area contributed by atoms with Crippen molar-refractivity contribution >= 4 is 55.6 Å². The molecule has 1 spiro atoms. The van der Waals surface area contributed by atoms with Gasteiger partial charge in [-0.25, -0.2) is 18.1 Å². The second kappa shape index (κ2) is 16.7. The number of aromatic nitrogens is 2. The van der Waals surface area contributed by atoms with Crippen molar-refractivity contribution in [3.05, 3.63) is 111 Å². The first kappa shape index (κ1) is 40.2. The molecule has 3 aromatic carbocycles. The molecular formula is C44H48ClN7O7S. The number of H-pyrrole nitrogens is 1. The topological polar surface area (TPSA) is 172 Å². The Morgan fingerprint density at radius 1 is 1.00 bits per heavy atom. The molecule has 9 rings (SSSR count). The number of carbonyl (C=O) groups is 1. The SMILES string of the molecule is O=C(NS(=O)(=O)c1ccc(NCC2CCOCC2)c([N+](=O)[O-])c1)c1ccc(N2CCC3(CC2)CC(N2CCC[C@H]2c2ccc(Cl)cc2)C3)cc1Oc1cnc2[nH]ccc2c1. The Hall–Kier alpha value is -5.22. The number of hydrogen-bond acceptors (Lipinski definition) is 11. The van der Waals surface area contributed by atoms with Crippen LogP contribution < -0.4 is 19.7 Å². The number of carbonyl (C=O) groups excluding carboxylic acids is 1. The van der Waals surface area contributed by atoms with Gasteiger partial charge >= 0.3 is 0 Å². The van der Waals surface area contributed by atoms with Crippen LogP contribution in [0, 0.1) is 21.4 Å². The Morgan fingerprint density at radius 3 is 2.55 bits per heavy atom. The number of amides is 1. The van der Waals surface area contributed by atoms with Gasteiger partial charge in [0.25, 0.3) is 21.6 Å². The summed E-state index contributed by atoms with van der Waals surface area (Å²) in [5.41, 5.74) is 2.95. The van der Waals surface area contributed by atoms with Crippen LogP contribution >= 0.6 is 11.6 Å². The van der Waals surface area contributed by atoms with Gasteiger partial charge in [-0.1, -0.05) is 23.7 Å². The standard InChI is InChI=1S/C44H48ClN7O7S/c45-32-5-3-30(4-6-32)39-2-1-17-51(39)34-25-44(26-34)14-18-50(19-15-44)33-7-9-37(41(23-33)59-35-22-31-11-16-46-42(31)48-28-35)43(53)49-60(56,57)36-8-10-38(40(24-36)52(54)55)47-27-29-12-20-58-21-13-29/h3-11,16,22-24,28-29,34,39,47H,1-2,12-15,17-21,25-27H2,(H,46,48)(H,49,53)/t39-/m0/s1. The van der Waals surface area contributed by atoms with Crippen LogP contribution in [0.4, 0.5) is 17.1 Å². The van der Waals surface area contributed by atoms with Crippen molar-refractivity contribution in [3.63, 3.8) is 0 Å². The summed E-state index contributed by atoms with van der Waals surface area (Å²) in [4.78, 5) is 37.4. The van der Waals surface area contributed by atoms with Crippen molar-refractivity contribution in [3.8, 4) is 11.5 Å². The average molecular weight is 854 g/mol. The summed E-state index contributed by atoms with van der Waals surface area (Å²) < 4.78 is 41.2. The molecule has 1 amide bonds. The van der Waals surface area contributed by atoms with Crippen LogP contribution in [0.5, 0.6) is 11.5 Å². The maximum absolute atomic E-state index is 13.9. The van der Waals surface area contributed by atoms with Gasteiger partial charge in [-0.15, -0.1) is 0 Å². The summed E-state index contributed by atoms with van der Waals surface area (Å²) in [6.45, 7) is 4.54. The smallest absolute Gasteiger partial charge is 0.293 e. The lowest BCUT2D eigenvalue weighted by Crippen LogP contribution is -2.54. The zero-order chi connectivity index (χ0) is 41.4. The number of nitro benzene ring substituents is 1. The summed E-state index contributed by atoms with van der Waals surface area (Å²) >= 11 is 6.19. The number of piperidine rings is 1. The summed E-state index contributed by atoms with van der Waals surface area (Å²) in [5.74, 6) is -0.135. The van der Waals surface area contributed by atoms with Gasteiger partial charge in [0.15, 0.2) is 0 Å². The zero-order valence-corrected chi connectivity index (χ0v) is 34.7. The number of nitrogens with zero attached hydrogens (tertiary/aromatic N) is 4. The third-order valence-corrected chi connectivity index (χ3v) is 14.6. The first-order valence-electron chi connectivity index (χ1n) is 20.7. The molecule has 4 fully saturated rings. The molecule has 2 aromatic heterocycles. The number of sulfonamides is 1. The molecule has 0 bridgehead atoms. The molecule has 0 radical (unpaired) electrons. The van der Waals surface area contributed by atoms with Gasteiger partial charge in [-0.05, 0) is 123 Å². The Kier molecular flexibility index (Phi) is 11.2. The van der Waals surface area contributed by atoms with Crippen LogP contribution in [-0.4, -0.2) is 79.6 Å². The van der Waals surface area contributed by atoms with Crippen molar-refractivity contribution in [2.24, 2.45) is 11.3 Å². The molecule has 1 saturated carbocycles. The quantitative estimate of drug-likeness (QED) is 0.0812. The van der Waals surface area contributed by atoms with E-state index in [0.29, 0.717) is 48.7 Å². The summed E-state index contributed by atoms with van der Waals surface area (Å²) in [5, 5.41) is 16.7. The number of halogens is 1. The predicted octanol–water partition coefficient (Wildman–Crippen LogP) is 8.46. The minimum atomic E-state index is -4.54. The van der Waals surface area contributed by atoms with Crippen LogP contribution in [0.2, 0.25) is 5.02 Å². The second-order valence-corrected chi connectivity index (χ2v) is 18.8. The first-order valence-corrected chi connectivity index (χ1v) is 22.6. The van der Waals surface area contributed by atoms with Gasteiger partial charge in [-0.2, -0.15) is 0 Å². The van der Waals surface area contributed by atoms with E-state index in [4.69, 9.17) is 21.1 Å². The van der Waals surface area contributed by atoms with Crippen LogP contribution in [-0.2, 0) is 14.8 Å². The largest absolute Gasteiger partial charge is 0.455 e. The fourth-order valence-corrected chi connectivity index (χ4v) is 10.7. The highest BCUT2D eigenvalue weighted by atomic mass is 35.5. The number of ether oxygens (including phenoxy) is 2. The van der Waals surface area contributed by atoms with E-state index in [0.717, 1.165) is 67.5 Å². The number of rotatable bonds is 12. The zero-order valence-electron chi connectivity index (χ0n) is 33.1. The monoisotopic (exact) mass is 853 g/mol. The number of aromatic amines is 1. The van der Waals surface area contributed by atoms with Crippen molar-refractivity contribution in [2.45, 2.75) is 68.3 Å². The van der Waals surface area contributed by atoms with E-state index in [1.54, 1.807) is 24.4 Å². The lowest BCUT2D eigenvalue weighted by Gasteiger charge is -2.56. The molecule has 16 heteroatoms. The maximum Gasteiger partial charge on any atom is 0.293 e. The second-order valence-electron chi connectivity index (χ2n) is 16.7. The number of benzene rings is 3. The van der Waals surface area contributed by atoms with E-state index < -0.39 is 31.4 Å².